The lowest BCUT2D eigenvalue weighted by molar-refractivity contribution is 0.666. The first-order valence-corrected chi connectivity index (χ1v) is 19.8. The summed E-state index contributed by atoms with van der Waals surface area (Å²) >= 11 is 0. The molecule has 0 bridgehead atoms. The predicted molar refractivity (Wildman–Crippen MR) is 240 cm³/mol. The van der Waals surface area contributed by atoms with Crippen molar-refractivity contribution in [1.29, 1.82) is 0 Å². The number of benzene rings is 9. The van der Waals surface area contributed by atoms with Gasteiger partial charge < -0.3 is 13.4 Å². The van der Waals surface area contributed by atoms with E-state index < -0.39 is 0 Å². The second kappa shape index (κ2) is 12.2. The Morgan fingerprint density at radius 3 is 1.83 bits per heavy atom. The van der Waals surface area contributed by atoms with Crippen molar-refractivity contribution in [2.45, 2.75) is 0 Å². The van der Waals surface area contributed by atoms with Crippen molar-refractivity contribution in [1.82, 2.24) is 19.5 Å². The first-order chi connectivity index (χ1) is 29.2. The maximum absolute atomic E-state index is 6.92. The highest BCUT2D eigenvalue weighted by atomic mass is 16.3. The topological polar surface area (TPSA) is 69.9 Å². The molecule has 6 nitrogen and oxygen atoms in total. The number of hydrogen-bond donors (Lipinski definition) is 0. The van der Waals surface area contributed by atoms with Crippen molar-refractivity contribution < 1.29 is 8.83 Å². The summed E-state index contributed by atoms with van der Waals surface area (Å²) in [5, 5.41) is 11.0. The molecule has 0 aliphatic heterocycles. The van der Waals surface area contributed by atoms with Crippen molar-refractivity contribution in [2.24, 2.45) is 0 Å². The standard InChI is InChI=1S/C53H30N4O2/c1-3-15-34-31(12-1)14-11-20-37(34)52-54-51(33-25-29-47-41(30-33)36-17-6-9-22-45(36)58-47)55-53(56-52)40-26-28-44(50-49(40)39-19-7-10-23-46(39)59-50)57-42-21-8-5-18-38(42)48-35-16-4-2-13-32(35)24-27-43(48)57/h1-30H. The molecule has 0 unspecified atom stereocenters. The van der Waals surface area contributed by atoms with Crippen molar-refractivity contribution in [3.63, 3.8) is 0 Å². The van der Waals surface area contributed by atoms with Crippen LogP contribution in [0.15, 0.2) is 191 Å². The van der Waals surface area contributed by atoms with Gasteiger partial charge in [0.15, 0.2) is 23.1 Å². The van der Waals surface area contributed by atoms with Gasteiger partial charge in [0, 0.05) is 49.0 Å². The van der Waals surface area contributed by atoms with Crippen LogP contribution in [-0.4, -0.2) is 19.5 Å². The maximum Gasteiger partial charge on any atom is 0.164 e. The van der Waals surface area contributed by atoms with Crippen LogP contribution >= 0.6 is 0 Å². The minimum absolute atomic E-state index is 0.561. The van der Waals surface area contributed by atoms with Crippen LogP contribution in [0.3, 0.4) is 0 Å². The van der Waals surface area contributed by atoms with Gasteiger partial charge in [-0.25, -0.2) is 15.0 Å². The van der Waals surface area contributed by atoms with Gasteiger partial charge >= 0.3 is 0 Å². The van der Waals surface area contributed by atoms with E-state index in [1.165, 1.54) is 21.5 Å². The molecule has 0 saturated heterocycles. The highest BCUT2D eigenvalue weighted by Crippen LogP contribution is 2.44. The number of para-hydroxylation sites is 3. The van der Waals surface area contributed by atoms with Crippen molar-refractivity contribution in [2.75, 3.05) is 0 Å². The zero-order valence-electron chi connectivity index (χ0n) is 31.4. The van der Waals surface area contributed by atoms with Crippen LogP contribution < -0.4 is 0 Å². The second-order valence-electron chi connectivity index (χ2n) is 15.1. The highest BCUT2D eigenvalue weighted by Gasteiger charge is 2.24. The van der Waals surface area contributed by atoms with Crippen molar-refractivity contribution in [3.05, 3.63) is 182 Å². The molecule has 0 amide bonds. The number of rotatable bonds is 4. The Balaban J connectivity index is 1.11. The molecule has 274 valence electrons. The average Bonchev–Trinajstić information content (AvgIpc) is 3.98. The first-order valence-electron chi connectivity index (χ1n) is 19.8. The molecule has 6 heteroatoms. The molecule has 13 aromatic rings. The fraction of sp³-hybridized carbons (Fsp3) is 0. The van der Waals surface area contributed by atoms with Gasteiger partial charge in [-0.05, 0) is 76.1 Å². The van der Waals surface area contributed by atoms with Crippen LogP contribution in [0.25, 0.3) is 127 Å². The largest absolute Gasteiger partial charge is 0.456 e. The van der Waals surface area contributed by atoms with Gasteiger partial charge in [-0.3, -0.25) is 0 Å². The Morgan fingerprint density at radius 2 is 0.983 bits per heavy atom. The van der Waals surface area contributed by atoms with Crippen molar-refractivity contribution in [3.8, 4) is 39.9 Å². The van der Waals surface area contributed by atoms with Crippen LogP contribution in [-0.2, 0) is 0 Å². The zero-order chi connectivity index (χ0) is 38.6. The van der Waals surface area contributed by atoms with E-state index >= 15 is 0 Å². The minimum atomic E-state index is 0.561. The molecule has 0 aliphatic carbocycles. The van der Waals surface area contributed by atoms with E-state index in [0.717, 1.165) is 88.1 Å². The summed E-state index contributed by atoms with van der Waals surface area (Å²) in [7, 11) is 0. The monoisotopic (exact) mass is 754 g/mol. The van der Waals surface area contributed by atoms with Gasteiger partial charge in [-0.2, -0.15) is 0 Å². The zero-order valence-corrected chi connectivity index (χ0v) is 31.4. The summed E-state index contributed by atoms with van der Waals surface area (Å²) in [6, 6.07) is 63.2. The number of furan rings is 2. The second-order valence-corrected chi connectivity index (χ2v) is 15.1. The Bertz CT molecular complexity index is 3870. The Kier molecular flexibility index (Phi) is 6.63. The molecule has 9 aromatic carbocycles. The molecule has 13 rings (SSSR count). The lowest BCUT2D eigenvalue weighted by atomic mass is 10.0. The molecule has 0 spiro atoms. The predicted octanol–water partition coefficient (Wildman–Crippen LogP) is 14.1. The summed E-state index contributed by atoms with van der Waals surface area (Å²) in [5.41, 5.74) is 9.06. The number of aromatic nitrogens is 4. The number of fused-ring (bicyclic) bond motifs is 12. The first kappa shape index (κ1) is 32.0. The van der Waals surface area contributed by atoms with E-state index in [2.05, 4.69) is 144 Å². The van der Waals surface area contributed by atoms with Crippen LogP contribution in [0, 0.1) is 0 Å². The summed E-state index contributed by atoms with van der Waals surface area (Å²) < 4.78 is 15.5. The lowest BCUT2D eigenvalue weighted by Crippen LogP contribution is -2.01. The van der Waals surface area contributed by atoms with Crippen molar-refractivity contribution >= 4 is 87.2 Å². The fourth-order valence-corrected chi connectivity index (χ4v) is 9.21. The summed E-state index contributed by atoms with van der Waals surface area (Å²) in [6.07, 6.45) is 0. The third kappa shape index (κ3) is 4.71. The van der Waals surface area contributed by atoms with E-state index in [4.69, 9.17) is 23.8 Å². The summed E-state index contributed by atoms with van der Waals surface area (Å²) in [4.78, 5) is 15.9. The lowest BCUT2D eigenvalue weighted by Gasteiger charge is -2.13. The third-order valence-electron chi connectivity index (χ3n) is 11.9. The highest BCUT2D eigenvalue weighted by molar-refractivity contribution is 6.22. The van der Waals surface area contributed by atoms with E-state index in [0.29, 0.717) is 17.5 Å². The van der Waals surface area contributed by atoms with Gasteiger partial charge in [0.1, 0.15) is 16.7 Å². The SMILES string of the molecule is c1ccc2c(-c3nc(-c4ccc5oc6ccccc6c5c4)nc(-c4ccc(-n5c6ccccc6c6c7ccccc7ccc65)c5oc6ccccc6c45)n3)cccc2c1. The molecule has 4 heterocycles. The fourth-order valence-electron chi connectivity index (χ4n) is 9.21. The molecule has 0 fully saturated rings. The van der Waals surface area contributed by atoms with Gasteiger partial charge in [0.05, 0.1) is 16.7 Å². The smallest absolute Gasteiger partial charge is 0.164 e. The van der Waals surface area contributed by atoms with Crippen LogP contribution in [0.1, 0.15) is 0 Å². The molecule has 4 aromatic heterocycles. The van der Waals surface area contributed by atoms with E-state index in [1.54, 1.807) is 0 Å². The van der Waals surface area contributed by atoms with Crippen LogP contribution in [0.4, 0.5) is 0 Å². The quantitative estimate of drug-likeness (QED) is 0.179. The third-order valence-corrected chi connectivity index (χ3v) is 11.9. The summed E-state index contributed by atoms with van der Waals surface area (Å²) in [5.74, 6) is 1.73. The summed E-state index contributed by atoms with van der Waals surface area (Å²) in [6.45, 7) is 0. The van der Waals surface area contributed by atoms with Gasteiger partial charge in [0.2, 0.25) is 0 Å². The molecule has 59 heavy (non-hydrogen) atoms. The molecular weight excluding hydrogens is 725 g/mol. The Labute approximate surface area is 336 Å². The van der Waals surface area contributed by atoms with Crippen LogP contribution in [0.5, 0.6) is 0 Å². The Morgan fingerprint density at radius 1 is 0.356 bits per heavy atom. The van der Waals surface area contributed by atoms with Gasteiger partial charge in [-0.15, -0.1) is 0 Å². The molecule has 0 radical (unpaired) electrons. The molecule has 0 saturated carbocycles. The minimum Gasteiger partial charge on any atom is -0.456 e. The maximum atomic E-state index is 6.92. The molecule has 0 atom stereocenters. The van der Waals surface area contributed by atoms with Gasteiger partial charge in [-0.1, -0.05) is 127 Å². The van der Waals surface area contributed by atoms with Crippen LogP contribution in [0.2, 0.25) is 0 Å². The normalized spacial score (nSPS) is 12.1. The molecule has 0 N–H and O–H groups in total. The number of hydrogen-bond acceptors (Lipinski definition) is 5. The van der Waals surface area contributed by atoms with E-state index in [9.17, 15) is 0 Å². The average molecular weight is 755 g/mol. The van der Waals surface area contributed by atoms with Gasteiger partial charge in [0.25, 0.3) is 0 Å². The molecule has 0 aliphatic rings. The Hall–Kier alpha value is -8.09. The molecular formula is C53H30N4O2. The van der Waals surface area contributed by atoms with E-state index in [-0.39, 0.29) is 0 Å². The number of nitrogens with zero attached hydrogens (tertiary/aromatic N) is 4. The van der Waals surface area contributed by atoms with E-state index in [1.807, 2.05) is 42.5 Å².